The Morgan fingerprint density at radius 2 is 1.93 bits per heavy atom. The predicted molar refractivity (Wildman–Crippen MR) is 116 cm³/mol. The van der Waals surface area contributed by atoms with Crippen LogP contribution in [0.25, 0.3) is 32.9 Å². The molecular formula is C22H19N5OS. The van der Waals surface area contributed by atoms with Crippen molar-refractivity contribution in [3.63, 3.8) is 0 Å². The highest BCUT2D eigenvalue weighted by Crippen LogP contribution is 2.41. The highest BCUT2D eigenvalue weighted by molar-refractivity contribution is 7.17. The van der Waals surface area contributed by atoms with E-state index in [4.69, 9.17) is 15.7 Å². The van der Waals surface area contributed by atoms with Crippen molar-refractivity contribution >= 4 is 33.3 Å². The zero-order chi connectivity index (χ0) is 19.8. The molecule has 0 bridgehead atoms. The van der Waals surface area contributed by atoms with Crippen molar-refractivity contribution in [3.8, 4) is 22.6 Å². The van der Waals surface area contributed by atoms with Crippen LogP contribution in [0.1, 0.15) is 12.8 Å². The maximum atomic E-state index is 12.1. The summed E-state index contributed by atoms with van der Waals surface area (Å²) >= 11 is 1.58. The molecule has 1 aromatic carbocycles. The molecule has 0 radical (unpaired) electrons. The van der Waals surface area contributed by atoms with Gasteiger partial charge in [-0.05, 0) is 30.5 Å². The molecular weight excluding hydrogens is 382 g/mol. The van der Waals surface area contributed by atoms with Crippen molar-refractivity contribution in [3.05, 3.63) is 60.1 Å². The molecule has 0 unspecified atom stereocenters. The van der Waals surface area contributed by atoms with Crippen LogP contribution >= 0.6 is 11.3 Å². The van der Waals surface area contributed by atoms with Gasteiger partial charge in [0, 0.05) is 23.7 Å². The Balaban J connectivity index is 1.76. The van der Waals surface area contributed by atoms with E-state index >= 15 is 0 Å². The second-order valence-corrected chi connectivity index (χ2v) is 7.89. The van der Waals surface area contributed by atoms with Gasteiger partial charge in [-0.3, -0.25) is 9.78 Å². The average Bonchev–Trinajstić information content (AvgIpc) is 3.42. The van der Waals surface area contributed by atoms with Gasteiger partial charge in [0.15, 0.2) is 5.82 Å². The van der Waals surface area contributed by atoms with Crippen LogP contribution in [0.2, 0.25) is 0 Å². The minimum Gasteiger partial charge on any atom is -0.368 e. The molecule has 1 saturated heterocycles. The van der Waals surface area contributed by atoms with E-state index in [0.29, 0.717) is 11.5 Å². The quantitative estimate of drug-likeness (QED) is 0.561. The van der Waals surface area contributed by atoms with Crippen molar-refractivity contribution < 1.29 is 4.79 Å². The molecule has 0 aliphatic carbocycles. The summed E-state index contributed by atoms with van der Waals surface area (Å²) in [6.07, 6.45) is 3.38. The van der Waals surface area contributed by atoms with Gasteiger partial charge in [-0.25, -0.2) is 9.97 Å². The van der Waals surface area contributed by atoms with E-state index in [1.54, 1.807) is 17.5 Å². The lowest BCUT2D eigenvalue weighted by Gasteiger charge is -2.24. The number of hydrogen-bond acceptors (Lipinski definition) is 6. The summed E-state index contributed by atoms with van der Waals surface area (Å²) in [6.45, 7) is 0.742. The Hall–Kier alpha value is -3.32. The molecule has 144 valence electrons. The van der Waals surface area contributed by atoms with E-state index in [9.17, 15) is 4.79 Å². The first-order valence-electron chi connectivity index (χ1n) is 9.54. The SMILES string of the molecule is NC(=O)[C@@H]1CCCN1c1nc(-c2ccccn2)nc2scc(-c3ccccc3)c12. The highest BCUT2D eigenvalue weighted by Gasteiger charge is 2.32. The number of carbonyl (C=O) groups excluding carboxylic acids is 1. The molecule has 1 atom stereocenters. The molecule has 1 fully saturated rings. The molecule has 4 heterocycles. The lowest BCUT2D eigenvalue weighted by Crippen LogP contribution is -2.40. The fourth-order valence-corrected chi connectivity index (χ4v) is 4.83. The summed E-state index contributed by atoms with van der Waals surface area (Å²) in [6, 6.07) is 15.5. The molecule has 1 amide bonds. The van der Waals surface area contributed by atoms with Crippen LogP contribution in [0.3, 0.4) is 0 Å². The second kappa shape index (κ2) is 7.25. The zero-order valence-corrected chi connectivity index (χ0v) is 16.5. The normalized spacial score (nSPS) is 16.4. The predicted octanol–water partition coefficient (Wildman–Crippen LogP) is 3.87. The first kappa shape index (κ1) is 17.8. The van der Waals surface area contributed by atoms with E-state index < -0.39 is 0 Å². The highest BCUT2D eigenvalue weighted by atomic mass is 32.1. The second-order valence-electron chi connectivity index (χ2n) is 7.04. The number of anilines is 1. The topological polar surface area (TPSA) is 85.0 Å². The molecule has 2 N–H and O–H groups in total. The number of hydrogen-bond donors (Lipinski definition) is 1. The summed E-state index contributed by atoms with van der Waals surface area (Å²) in [5.41, 5.74) is 8.59. The van der Waals surface area contributed by atoms with Gasteiger partial charge >= 0.3 is 0 Å². The number of benzene rings is 1. The molecule has 1 aliphatic heterocycles. The Bertz CT molecular complexity index is 1180. The van der Waals surface area contributed by atoms with Gasteiger partial charge in [0.05, 0.1) is 5.39 Å². The van der Waals surface area contributed by atoms with Gasteiger partial charge in [-0.1, -0.05) is 36.4 Å². The van der Waals surface area contributed by atoms with E-state index in [1.807, 2.05) is 41.3 Å². The van der Waals surface area contributed by atoms with E-state index in [0.717, 1.165) is 46.5 Å². The number of amides is 1. The van der Waals surface area contributed by atoms with Gasteiger partial charge in [0.1, 0.15) is 22.4 Å². The largest absolute Gasteiger partial charge is 0.368 e. The molecule has 4 aromatic rings. The van der Waals surface area contributed by atoms with Crippen molar-refractivity contribution in [1.82, 2.24) is 15.0 Å². The van der Waals surface area contributed by atoms with Crippen LogP contribution in [0.15, 0.2) is 60.1 Å². The van der Waals surface area contributed by atoms with Gasteiger partial charge < -0.3 is 10.6 Å². The van der Waals surface area contributed by atoms with Crippen LogP contribution in [0.5, 0.6) is 0 Å². The van der Waals surface area contributed by atoms with E-state index in [2.05, 4.69) is 22.5 Å². The minimum absolute atomic E-state index is 0.315. The van der Waals surface area contributed by atoms with Crippen LogP contribution < -0.4 is 10.6 Å². The monoisotopic (exact) mass is 401 g/mol. The third-order valence-electron chi connectivity index (χ3n) is 5.25. The van der Waals surface area contributed by atoms with Crippen LogP contribution in [-0.4, -0.2) is 33.4 Å². The van der Waals surface area contributed by atoms with E-state index in [1.165, 1.54) is 0 Å². The van der Waals surface area contributed by atoms with Crippen molar-refractivity contribution in [1.29, 1.82) is 0 Å². The third kappa shape index (κ3) is 3.13. The Labute approximate surface area is 172 Å². The number of pyridine rings is 1. The van der Waals surface area contributed by atoms with Crippen LogP contribution in [-0.2, 0) is 4.79 Å². The third-order valence-corrected chi connectivity index (χ3v) is 6.12. The summed E-state index contributed by atoms with van der Waals surface area (Å²) in [5, 5.41) is 3.07. The first-order chi connectivity index (χ1) is 14.2. The van der Waals surface area contributed by atoms with Crippen molar-refractivity contribution in [2.45, 2.75) is 18.9 Å². The van der Waals surface area contributed by atoms with Crippen molar-refractivity contribution in [2.24, 2.45) is 5.73 Å². The Morgan fingerprint density at radius 1 is 1.10 bits per heavy atom. The summed E-state index contributed by atoms with van der Waals surface area (Å²) in [5.74, 6) is 1.01. The molecule has 5 rings (SSSR count). The molecule has 29 heavy (non-hydrogen) atoms. The van der Waals surface area contributed by atoms with Gasteiger partial charge in [0.25, 0.3) is 0 Å². The summed E-state index contributed by atoms with van der Waals surface area (Å²) < 4.78 is 0. The van der Waals surface area contributed by atoms with Crippen molar-refractivity contribution in [2.75, 3.05) is 11.4 Å². The standard InChI is InChI=1S/C22H19N5OS/c23-19(28)17-10-6-12-27(17)21-18-15(14-7-2-1-3-8-14)13-29-22(18)26-20(25-21)16-9-4-5-11-24-16/h1-5,7-9,11,13,17H,6,10,12H2,(H2,23,28)/t17-/m0/s1. The van der Waals surface area contributed by atoms with Crippen LogP contribution in [0, 0.1) is 0 Å². The Morgan fingerprint density at radius 3 is 2.69 bits per heavy atom. The van der Waals surface area contributed by atoms with Gasteiger partial charge in [0.2, 0.25) is 5.91 Å². The first-order valence-corrected chi connectivity index (χ1v) is 10.4. The number of primary amides is 1. The maximum Gasteiger partial charge on any atom is 0.240 e. The fraction of sp³-hybridized carbons (Fsp3) is 0.182. The summed E-state index contributed by atoms with van der Waals surface area (Å²) in [4.78, 5) is 29.1. The average molecular weight is 401 g/mol. The smallest absolute Gasteiger partial charge is 0.240 e. The number of fused-ring (bicyclic) bond motifs is 1. The molecule has 3 aromatic heterocycles. The lowest BCUT2D eigenvalue weighted by molar-refractivity contribution is -0.119. The molecule has 0 spiro atoms. The molecule has 0 saturated carbocycles. The maximum absolute atomic E-state index is 12.1. The number of nitrogens with zero attached hydrogens (tertiary/aromatic N) is 4. The number of carbonyl (C=O) groups is 1. The number of thiophene rings is 1. The van der Waals surface area contributed by atoms with E-state index in [-0.39, 0.29) is 11.9 Å². The zero-order valence-electron chi connectivity index (χ0n) is 15.7. The number of nitrogens with two attached hydrogens (primary N) is 1. The fourth-order valence-electron chi connectivity index (χ4n) is 3.89. The minimum atomic E-state index is -0.354. The molecule has 7 heteroatoms. The Kier molecular flexibility index (Phi) is 4.44. The number of rotatable bonds is 4. The molecule has 6 nitrogen and oxygen atoms in total. The lowest BCUT2D eigenvalue weighted by atomic mass is 10.1. The van der Waals surface area contributed by atoms with Gasteiger partial charge in [-0.2, -0.15) is 0 Å². The van der Waals surface area contributed by atoms with Crippen LogP contribution in [0.4, 0.5) is 5.82 Å². The van der Waals surface area contributed by atoms with Gasteiger partial charge in [-0.15, -0.1) is 11.3 Å². The number of aromatic nitrogens is 3. The molecule has 1 aliphatic rings. The summed E-state index contributed by atoms with van der Waals surface area (Å²) in [7, 11) is 0.